The summed E-state index contributed by atoms with van der Waals surface area (Å²) in [6.45, 7) is 0. The van der Waals surface area contributed by atoms with Crippen molar-refractivity contribution < 1.29 is 5.11 Å². The van der Waals surface area contributed by atoms with Gasteiger partial charge in [-0.05, 0) is 32.7 Å². The monoisotopic (exact) mass is 183 g/mol. The third-order valence-corrected chi connectivity index (χ3v) is 4.05. The summed E-state index contributed by atoms with van der Waals surface area (Å²) in [6, 6.07) is 0.572. The van der Waals surface area contributed by atoms with E-state index >= 15 is 0 Å². The Hall–Kier alpha value is -0.0800. The summed E-state index contributed by atoms with van der Waals surface area (Å²) in [5.41, 5.74) is -0.315. The van der Waals surface area contributed by atoms with Crippen molar-refractivity contribution >= 4 is 0 Å². The predicted molar refractivity (Wildman–Crippen MR) is 53.6 cm³/mol. The van der Waals surface area contributed by atoms with Crippen molar-refractivity contribution in [2.75, 3.05) is 7.05 Å². The van der Waals surface area contributed by atoms with Gasteiger partial charge in [0.15, 0.2) is 0 Å². The third kappa shape index (κ3) is 1.62. The maximum atomic E-state index is 10.5. The van der Waals surface area contributed by atoms with E-state index in [4.69, 9.17) is 0 Å². The molecule has 0 bridgehead atoms. The Morgan fingerprint density at radius 1 is 1.15 bits per heavy atom. The molecule has 2 saturated carbocycles. The molecule has 0 aliphatic heterocycles. The van der Waals surface area contributed by atoms with Crippen LogP contribution in [0.3, 0.4) is 0 Å². The van der Waals surface area contributed by atoms with Gasteiger partial charge in [-0.25, -0.2) is 0 Å². The topological polar surface area (TPSA) is 32.3 Å². The summed E-state index contributed by atoms with van der Waals surface area (Å²) in [5, 5.41) is 13.8. The zero-order chi connectivity index (χ0) is 9.31. The van der Waals surface area contributed by atoms with Crippen molar-refractivity contribution in [1.29, 1.82) is 0 Å². The Kier molecular flexibility index (Phi) is 2.61. The van der Waals surface area contributed by atoms with E-state index in [1.165, 1.54) is 32.1 Å². The molecule has 76 valence electrons. The summed E-state index contributed by atoms with van der Waals surface area (Å²) in [6.07, 6.45) is 8.29. The summed E-state index contributed by atoms with van der Waals surface area (Å²) in [4.78, 5) is 0. The molecule has 2 rings (SSSR count). The average molecular weight is 183 g/mol. The smallest absolute Gasteiger partial charge is 0.0690 e. The second-order valence-electron chi connectivity index (χ2n) is 4.74. The van der Waals surface area contributed by atoms with Crippen LogP contribution in [0.2, 0.25) is 0 Å². The highest BCUT2D eigenvalue weighted by Crippen LogP contribution is 2.43. The lowest BCUT2D eigenvalue weighted by Gasteiger charge is -2.33. The van der Waals surface area contributed by atoms with E-state index in [-0.39, 0.29) is 5.60 Å². The predicted octanol–water partition coefficient (Wildman–Crippen LogP) is 1.68. The van der Waals surface area contributed by atoms with E-state index < -0.39 is 0 Å². The third-order valence-electron chi connectivity index (χ3n) is 4.05. The van der Waals surface area contributed by atoms with Gasteiger partial charge in [0.1, 0.15) is 0 Å². The largest absolute Gasteiger partial charge is 0.390 e. The highest BCUT2D eigenvalue weighted by atomic mass is 16.3. The molecule has 2 aliphatic carbocycles. The van der Waals surface area contributed by atoms with Crippen LogP contribution >= 0.6 is 0 Å². The molecule has 0 spiro atoms. The number of hydrogen-bond acceptors (Lipinski definition) is 2. The molecule has 2 unspecified atom stereocenters. The van der Waals surface area contributed by atoms with E-state index in [1.807, 2.05) is 7.05 Å². The lowest BCUT2D eigenvalue weighted by molar-refractivity contribution is -0.0189. The van der Waals surface area contributed by atoms with Crippen LogP contribution in [0.5, 0.6) is 0 Å². The molecular formula is C11H21NO. The lowest BCUT2D eigenvalue weighted by atomic mass is 9.82. The minimum atomic E-state index is -0.315. The van der Waals surface area contributed by atoms with Gasteiger partial charge in [0, 0.05) is 12.0 Å². The number of nitrogens with one attached hydrogen (secondary N) is 1. The molecule has 0 aromatic rings. The van der Waals surface area contributed by atoms with Gasteiger partial charge in [0.2, 0.25) is 0 Å². The molecule has 2 aliphatic rings. The van der Waals surface area contributed by atoms with Crippen molar-refractivity contribution in [3.05, 3.63) is 0 Å². The zero-order valence-corrected chi connectivity index (χ0v) is 8.55. The molecule has 2 atom stereocenters. The second-order valence-corrected chi connectivity index (χ2v) is 4.74. The van der Waals surface area contributed by atoms with Crippen LogP contribution in [0, 0.1) is 5.92 Å². The molecular weight excluding hydrogens is 162 g/mol. The Balaban J connectivity index is 2.05. The van der Waals surface area contributed by atoms with Gasteiger partial charge in [-0.2, -0.15) is 0 Å². The van der Waals surface area contributed by atoms with Crippen molar-refractivity contribution in [2.45, 2.75) is 56.6 Å². The highest BCUT2D eigenvalue weighted by molar-refractivity contribution is 4.98. The van der Waals surface area contributed by atoms with Crippen LogP contribution in [-0.2, 0) is 0 Å². The van der Waals surface area contributed by atoms with Crippen LogP contribution < -0.4 is 5.32 Å². The highest BCUT2D eigenvalue weighted by Gasteiger charge is 2.44. The summed E-state index contributed by atoms with van der Waals surface area (Å²) in [7, 11) is 2.03. The fourth-order valence-electron chi connectivity index (χ4n) is 3.31. The van der Waals surface area contributed by atoms with Gasteiger partial charge in [-0.15, -0.1) is 0 Å². The van der Waals surface area contributed by atoms with Crippen LogP contribution in [0.4, 0.5) is 0 Å². The number of aliphatic hydroxyl groups is 1. The first-order valence-corrected chi connectivity index (χ1v) is 5.66. The molecule has 0 amide bonds. The molecule has 13 heavy (non-hydrogen) atoms. The maximum absolute atomic E-state index is 10.5. The van der Waals surface area contributed by atoms with Gasteiger partial charge < -0.3 is 10.4 Å². The molecule has 0 aromatic carbocycles. The molecule has 0 aromatic heterocycles. The maximum Gasteiger partial charge on any atom is 0.0690 e. The van der Waals surface area contributed by atoms with Gasteiger partial charge in [-0.1, -0.05) is 19.3 Å². The Bertz CT molecular complexity index is 175. The summed E-state index contributed by atoms with van der Waals surface area (Å²) < 4.78 is 0. The fourth-order valence-corrected chi connectivity index (χ4v) is 3.31. The second kappa shape index (κ2) is 3.58. The molecule has 2 N–H and O–H groups in total. The van der Waals surface area contributed by atoms with Crippen molar-refractivity contribution in [1.82, 2.24) is 5.32 Å². The van der Waals surface area contributed by atoms with Gasteiger partial charge in [-0.3, -0.25) is 0 Å². The summed E-state index contributed by atoms with van der Waals surface area (Å²) in [5.74, 6) is 0.528. The molecule has 2 heteroatoms. The minimum absolute atomic E-state index is 0.315. The molecule has 0 heterocycles. The van der Waals surface area contributed by atoms with Crippen LogP contribution in [-0.4, -0.2) is 23.8 Å². The Morgan fingerprint density at radius 2 is 1.85 bits per heavy atom. The molecule has 2 nitrogen and oxygen atoms in total. The quantitative estimate of drug-likeness (QED) is 0.682. The van der Waals surface area contributed by atoms with Gasteiger partial charge in [0.05, 0.1) is 5.60 Å². The lowest BCUT2D eigenvalue weighted by Crippen LogP contribution is -2.44. The molecule has 2 fully saturated rings. The first kappa shape index (κ1) is 9.47. The van der Waals surface area contributed by atoms with E-state index in [0.717, 1.165) is 12.8 Å². The first-order valence-electron chi connectivity index (χ1n) is 5.66. The average Bonchev–Trinajstić information content (AvgIpc) is 2.72. The summed E-state index contributed by atoms with van der Waals surface area (Å²) >= 11 is 0. The normalized spacial score (nSPS) is 38.3. The van der Waals surface area contributed by atoms with E-state index in [2.05, 4.69) is 5.32 Å². The minimum Gasteiger partial charge on any atom is -0.390 e. The zero-order valence-electron chi connectivity index (χ0n) is 8.55. The first-order chi connectivity index (χ1) is 6.26. The SMILES string of the molecule is CNC1CCCC1C1(O)CCCC1. The number of hydrogen-bond donors (Lipinski definition) is 2. The molecule has 0 radical (unpaired) electrons. The van der Waals surface area contributed by atoms with Crippen molar-refractivity contribution in [3.63, 3.8) is 0 Å². The van der Waals surface area contributed by atoms with Crippen LogP contribution in [0.15, 0.2) is 0 Å². The van der Waals surface area contributed by atoms with E-state index in [9.17, 15) is 5.11 Å². The van der Waals surface area contributed by atoms with E-state index in [1.54, 1.807) is 0 Å². The number of rotatable bonds is 2. The van der Waals surface area contributed by atoms with E-state index in [0.29, 0.717) is 12.0 Å². The van der Waals surface area contributed by atoms with Gasteiger partial charge >= 0.3 is 0 Å². The van der Waals surface area contributed by atoms with Crippen LogP contribution in [0.1, 0.15) is 44.9 Å². The standard InChI is InChI=1S/C11H21NO/c1-12-10-6-4-5-9(10)11(13)7-2-3-8-11/h9-10,12-13H,2-8H2,1H3. The fraction of sp³-hybridized carbons (Fsp3) is 1.00. The Morgan fingerprint density at radius 3 is 2.46 bits per heavy atom. The Labute approximate surface area is 80.7 Å². The molecule has 0 saturated heterocycles. The van der Waals surface area contributed by atoms with Crippen molar-refractivity contribution in [3.8, 4) is 0 Å². The van der Waals surface area contributed by atoms with Crippen LogP contribution in [0.25, 0.3) is 0 Å². The van der Waals surface area contributed by atoms with Gasteiger partial charge in [0.25, 0.3) is 0 Å². The van der Waals surface area contributed by atoms with Crippen molar-refractivity contribution in [2.24, 2.45) is 5.92 Å².